The third-order valence-electron chi connectivity index (χ3n) is 2.65. The Kier molecular flexibility index (Phi) is 3.52. The van der Waals surface area contributed by atoms with Crippen molar-refractivity contribution >= 4 is 12.1 Å². The van der Waals surface area contributed by atoms with E-state index in [1.54, 1.807) is 13.8 Å². The summed E-state index contributed by atoms with van der Waals surface area (Å²) in [5.74, 6) is -0.901. The third kappa shape index (κ3) is 2.82. The highest BCUT2D eigenvalue weighted by molar-refractivity contribution is 5.78. The molecule has 6 nitrogen and oxygen atoms in total. The molecule has 0 bridgehead atoms. The summed E-state index contributed by atoms with van der Waals surface area (Å²) in [6.45, 7) is 4.17. The number of nitrogens with one attached hydrogen (secondary N) is 2. The van der Waals surface area contributed by atoms with E-state index in [-0.39, 0.29) is 6.10 Å². The first-order valence-electron chi connectivity index (χ1n) is 4.91. The van der Waals surface area contributed by atoms with E-state index in [1.165, 1.54) is 0 Å². The van der Waals surface area contributed by atoms with E-state index in [0.717, 1.165) is 0 Å². The normalized spacial score (nSPS) is 24.1. The van der Waals surface area contributed by atoms with Crippen LogP contribution in [0.1, 0.15) is 20.3 Å². The first-order chi connectivity index (χ1) is 6.98. The van der Waals surface area contributed by atoms with Gasteiger partial charge in [-0.3, -0.25) is 10.1 Å². The Labute approximate surface area is 88.0 Å². The van der Waals surface area contributed by atoms with Gasteiger partial charge in [-0.25, -0.2) is 4.79 Å². The van der Waals surface area contributed by atoms with Crippen LogP contribution in [0.4, 0.5) is 4.79 Å². The molecule has 0 aromatic rings. The van der Waals surface area contributed by atoms with Crippen molar-refractivity contribution < 1.29 is 19.4 Å². The predicted octanol–water partition coefficient (Wildman–Crippen LogP) is -0.0623. The van der Waals surface area contributed by atoms with Gasteiger partial charge >= 0.3 is 12.1 Å². The van der Waals surface area contributed by atoms with Crippen LogP contribution in [0.5, 0.6) is 0 Å². The zero-order valence-electron chi connectivity index (χ0n) is 8.87. The number of carbonyl (C=O) groups is 2. The molecule has 1 rings (SSSR count). The van der Waals surface area contributed by atoms with Gasteiger partial charge in [-0.15, -0.1) is 0 Å². The lowest BCUT2D eigenvalue weighted by atomic mass is 9.99. The number of hydrogen-bond donors (Lipinski definition) is 3. The summed E-state index contributed by atoms with van der Waals surface area (Å²) in [4.78, 5) is 21.6. The van der Waals surface area contributed by atoms with Crippen LogP contribution < -0.4 is 10.6 Å². The van der Waals surface area contributed by atoms with Crippen LogP contribution in [0.15, 0.2) is 0 Å². The summed E-state index contributed by atoms with van der Waals surface area (Å²) in [5, 5.41) is 14.4. The Balaban J connectivity index is 2.41. The number of amides is 1. The number of rotatable bonds is 5. The maximum atomic E-state index is 10.9. The van der Waals surface area contributed by atoms with E-state index in [1.807, 2.05) is 0 Å². The SMILES string of the molecule is CCC(C)(NCC1CNC(=O)O1)C(=O)O. The van der Waals surface area contributed by atoms with Crippen molar-refractivity contribution in [2.75, 3.05) is 13.1 Å². The number of ether oxygens (including phenoxy) is 1. The van der Waals surface area contributed by atoms with E-state index in [2.05, 4.69) is 10.6 Å². The van der Waals surface area contributed by atoms with Gasteiger partial charge < -0.3 is 15.2 Å². The lowest BCUT2D eigenvalue weighted by molar-refractivity contribution is -0.144. The van der Waals surface area contributed by atoms with Gasteiger partial charge in [0.25, 0.3) is 0 Å². The van der Waals surface area contributed by atoms with Gasteiger partial charge in [0.1, 0.15) is 11.6 Å². The van der Waals surface area contributed by atoms with Crippen molar-refractivity contribution in [1.29, 1.82) is 0 Å². The maximum absolute atomic E-state index is 10.9. The Morgan fingerprint density at radius 1 is 1.80 bits per heavy atom. The molecule has 0 saturated carbocycles. The fourth-order valence-corrected chi connectivity index (χ4v) is 1.24. The van der Waals surface area contributed by atoms with E-state index < -0.39 is 17.6 Å². The van der Waals surface area contributed by atoms with Crippen LogP contribution in [0.3, 0.4) is 0 Å². The molecule has 86 valence electrons. The first-order valence-corrected chi connectivity index (χ1v) is 4.91. The molecule has 1 aliphatic heterocycles. The summed E-state index contributed by atoms with van der Waals surface area (Å²) in [7, 11) is 0. The van der Waals surface area contributed by atoms with Crippen LogP contribution in [0, 0.1) is 0 Å². The highest BCUT2D eigenvalue weighted by Gasteiger charge is 2.32. The molecule has 1 heterocycles. The average molecular weight is 216 g/mol. The molecule has 2 atom stereocenters. The predicted molar refractivity (Wildman–Crippen MR) is 52.6 cm³/mol. The molecule has 3 N–H and O–H groups in total. The van der Waals surface area contributed by atoms with Crippen LogP contribution >= 0.6 is 0 Å². The number of alkyl carbamates (subject to hydrolysis) is 1. The largest absolute Gasteiger partial charge is 0.480 e. The molecule has 15 heavy (non-hydrogen) atoms. The quantitative estimate of drug-likeness (QED) is 0.599. The topological polar surface area (TPSA) is 87.7 Å². The molecule has 1 aliphatic rings. The summed E-state index contributed by atoms with van der Waals surface area (Å²) in [6.07, 6.45) is -0.269. The van der Waals surface area contributed by atoms with Gasteiger partial charge in [0.2, 0.25) is 0 Å². The van der Waals surface area contributed by atoms with Crippen LogP contribution in [-0.2, 0) is 9.53 Å². The number of cyclic esters (lactones) is 1. The van der Waals surface area contributed by atoms with Gasteiger partial charge in [-0.1, -0.05) is 6.92 Å². The number of hydrogen-bond acceptors (Lipinski definition) is 4. The molecule has 6 heteroatoms. The fourth-order valence-electron chi connectivity index (χ4n) is 1.24. The second-order valence-corrected chi connectivity index (χ2v) is 3.78. The zero-order chi connectivity index (χ0) is 11.5. The fraction of sp³-hybridized carbons (Fsp3) is 0.778. The number of carboxylic acids is 1. The Morgan fingerprint density at radius 3 is 2.87 bits per heavy atom. The molecule has 0 spiro atoms. The molecular weight excluding hydrogens is 200 g/mol. The molecule has 2 unspecified atom stereocenters. The van der Waals surface area contributed by atoms with Crippen molar-refractivity contribution in [2.45, 2.75) is 31.9 Å². The Hall–Kier alpha value is -1.30. The smallest absolute Gasteiger partial charge is 0.407 e. The molecule has 1 saturated heterocycles. The highest BCUT2D eigenvalue weighted by Crippen LogP contribution is 2.10. The number of carboxylic acid groups (broad SMARTS) is 1. The van der Waals surface area contributed by atoms with Gasteiger partial charge in [0.05, 0.1) is 6.54 Å². The maximum Gasteiger partial charge on any atom is 0.407 e. The van der Waals surface area contributed by atoms with Crippen molar-refractivity contribution in [3.05, 3.63) is 0 Å². The van der Waals surface area contributed by atoms with Gasteiger partial charge in [-0.05, 0) is 13.3 Å². The summed E-state index contributed by atoms with van der Waals surface area (Å²) in [6, 6.07) is 0. The summed E-state index contributed by atoms with van der Waals surface area (Å²) >= 11 is 0. The second kappa shape index (κ2) is 4.48. The molecular formula is C9H16N2O4. The lowest BCUT2D eigenvalue weighted by Crippen LogP contribution is -2.51. The average Bonchev–Trinajstić information content (AvgIpc) is 2.60. The van der Waals surface area contributed by atoms with Crippen LogP contribution in [-0.4, -0.2) is 41.9 Å². The van der Waals surface area contributed by atoms with Crippen molar-refractivity contribution in [3.8, 4) is 0 Å². The first kappa shape index (κ1) is 11.8. The molecule has 0 aromatic heterocycles. The van der Waals surface area contributed by atoms with E-state index >= 15 is 0 Å². The second-order valence-electron chi connectivity index (χ2n) is 3.78. The van der Waals surface area contributed by atoms with Crippen molar-refractivity contribution in [1.82, 2.24) is 10.6 Å². The van der Waals surface area contributed by atoms with Gasteiger partial charge in [0.15, 0.2) is 0 Å². The Morgan fingerprint density at radius 2 is 2.47 bits per heavy atom. The number of aliphatic carboxylic acids is 1. The van der Waals surface area contributed by atoms with E-state index in [0.29, 0.717) is 19.5 Å². The molecule has 0 aromatic carbocycles. The zero-order valence-corrected chi connectivity index (χ0v) is 8.87. The molecule has 1 fully saturated rings. The Bertz CT molecular complexity index is 269. The van der Waals surface area contributed by atoms with Crippen molar-refractivity contribution in [2.24, 2.45) is 0 Å². The minimum atomic E-state index is -0.963. The summed E-state index contributed by atoms with van der Waals surface area (Å²) < 4.78 is 4.88. The lowest BCUT2D eigenvalue weighted by Gasteiger charge is -2.25. The molecule has 1 amide bonds. The summed E-state index contributed by atoms with van der Waals surface area (Å²) in [5.41, 5.74) is -0.963. The van der Waals surface area contributed by atoms with Crippen LogP contribution in [0.25, 0.3) is 0 Å². The van der Waals surface area contributed by atoms with E-state index in [4.69, 9.17) is 9.84 Å². The van der Waals surface area contributed by atoms with E-state index in [9.17, 15) is 9.59 Å². The third-order valence-corrected chi connectivity index (χ3v) is 2.65. The molecule has 0 aliphatic carbocycles. The van der Waals surface area contributed by atoms with Crippen LogP contribution in [0.2, 0.25) is 0 Å². The molecule has 0 radical (unpaired) electrons. The highest BCUT2D eigenvalue weighted by atomic mass is 16.6. The minimum absolute atomic E-state index is 0.289. The number of carbonyl (C=O) groups excluding carboxylic acids is 1. The van der Waals surface area contributed by atoms with Gasteiger partial charge in [0, 0.05) is 6.54 Å². The monoisotopic (exact) mass is 216 g/mol. The van der Waals surface area contributed by atoms with Crippen molar-refractivity contribution in [3.63, 3.8) is 0 Å². The van der Waals surface area contributed by atoms with Gasteiger partial charge in [-0.2, -0.15) is 0 Å². The minimum Gasteiger partial charge on any atom is -0.480 e. The standard InChI is InChI=1S/C9H16N2O4/c1-3-9(2,7(12)13)11-5-6-4-10-8(14)15-6/h6,11H,3-5H2,1-2H3,(H,10,14)(H,12,13).